The average Bonchev–Trinajstić information content (AvgIpc) is 3.04. The summed E-state index contributed by atoms with van der Waals surface area (Å²) in [6.45, 7) is 2.04. The fourth-order valence-electron chi connectivity index (χ4n) is 4.07. The van der Waals surface area contributed by atoms with Gasteiger partial charge in [0.1, 0.15) is 0 Å². The number of carboxylic acids is 1. The van der Waals surface area contributed by atoms with E-state index in [2.05, 4.69) is 51.6 Å². The van der Waals surface area contributed by atoms with Gasteiger partial charge in [0.05, 0.1) is 11.6 Å². The molecule has 2 N–H and O–H groups in total. The van der Waals surface area contributed by atoms with Gasteiger partial charge < -0.3 is 10.4 Å². The highest BCUT2D eigenvalue weighted by Crippen LogP contribution is 2.51. The van der Waals surface area contributed by atoms with Gasteiger partial charge in [0.25, 0.3) is 0 Å². The molecule has 4 rings (SSSR count). The van der Waals surface area contributed by atoms with E-state index >= 15 is 0 Å². The number of rotatable bonds is 2. The van der Waals surface area contributed by atoms with Crippen molar-refractivity contribution in [2.24, 2.45) is 5.92 Å². The van der Waals surface area contributed by atoms with Crippen LogP contribution in [0.15, 0.2) is 53.0 Å². The van der Waals surface area contributed by atoms with E-state index in [-0.39, 0.29) is 12.0 Å². The molecule has 3 atom stereocenters. The molecule has 2 aromatic carbocycles. The fraction of sp³-hybridized carbons (Fsp3) is 0.250. The second kappa shape index (κ2) is 5.78. The highest BCUT2D eigenvalue weighted by molar-refractivity contribution is 9.10. The van der Waals surface area contributed by atoms with Crippen molar-refractivity contribution in [3.05, 3.63) is 75.3 Å². The third-order valence-corrected chi connectivity index (χ3v) is 5.66. The minimum atomic E-state index is -0.854. The predicted octanol–water partition coefficient (Wildman–Crippen LogP) is 5.28. The molecule has 0 saturated carbocycles. The van der Waals surface area contributed by atoms with Crippen LogP contribution in [0.5, 0.6) is 0 Å². The van der Waals surface area contributed by atoms with Crippen molar-refractivity contribution in [3.63, 3.8) is 0 Å². The second-order valence-corrected chi connectivity index (χ2v) is 7.47. The van der Waals surface area contributed by atoms with Crippen molar-refractivity contribution in [3.8, 4) is 0 Å². The quantitative estimate of drug-likeness (QED) is 0.693. The summed E-state index contributed by atoms with van der Waals surface area (Å²) in [5.41, 5.74) is 4.65. The van der Waals surface area contributed by atoms with Gasteiger partial charge in [-0.2, -0.15) is 0 Å². The Morgan fingerprint density at radius 1 is 1.29 bits per heavy atom. The number of hydrogen-bond acceptors (Lipinski definition) is 2. The average molecular weight is 384 g/mol. The minimum Gasteiger partial charge on any atom is -0.478 e. The maximum absolute atomic E-state index is 11.7. The van der Waals surface area contributed by atoms with Gasteiger partial charge in [-0.05, 0) is 54.2 Å². The van der Waals surface area contributed by atoms with Crippen molar-refractivity contribution >= 4 is 27.6 Å². The fourth-order valence-corrected chi connectivity index (χ4v) is 4.49. The number of anilines is 1. The van der Waals surface area contributed by atoms with E-state index in [4.69, 9.17) is 0 Å². The van der Waals surface area contributed by atoms with E-state index in [0.29, 0.717) is 11.5 Å². The van der Waals surface area contributed by atoms with E-state index in [0.717, 1.165) is 27.7 Å². The Bertz CT molecular complexity index is 859. The molecule has 1 heterocycles. The van der Waals surface area contributed by atoms with Crippen LogP contribution in [0.1, 0.15) is 45.4 Å². The normalized spacial score (nSPS) is 24.2. The molecule has 122 valence electrons. The van der Waals surface area contributed by atoms with Crippen LogP contribution >= 0.6 is 15.9 Å². The molecule has 4 heteroatoms. The van der Waals surface area contributed by atoms with Crippen molar-refractivity contribution < 1.29 is 9.90 Å². The summed E-state index contributed by atoms with van der Waals surface area (Å²) in [7, 11) is 0. The van der Waals surface area contributed by atoms with Crippen molar-refractivity contribution in [2.75, 3.05) is 5.32 Å². The van der Waals surface area contributed by atoms with Gasteiger partial charge >= 0.3 is 5.97 Å². The van der Waals surface area contributed by atoms with E-state index < -0.39 is 5.97 Å². The highest BCUT2D eigenvalue weighted by atomic mass is 79.9. The standard InChI is InChI=1S/C20H18BrNO2/c1-11-8-9-16(20(23)24)17-14-6-3-7-15(14)19(22-18(11)17)12-4-2-5-13(21)10-12/h2-6,8-10,14-15,19,22H,7H2,1H3,(H,23,24)/t14-,15+,19+/m0/s1. The molecule has 3 nitrogen and oxygen atoms in total. The first-order chi connectivity index (χ1) is 11.6. The molecule has 0 spiro atoms. The molecule has 0 saturated heterocycles. The number of carbonyl (C=O) groups is 1. The van der Waals surface area contributed by atoms with Crippen LogP contribution in [0.3, 0.4) is 0 Å². The van der Waals surface area contributed by atoms with Gasteiger partial charge in [-0.15, -0.1) is 0 Å². The Labute approximate surface area is 149 Å². The van der Waals surface area contributed by atoms with E-state index in [9.17, 15) is 9.90 Å². The lowest BCUT2D eigenvalue weighted by molar-refractivity contribution is 0.0695. The summed E-state index contributed by atoms with van der Waals surface area (Å²) < 4.78 is 1.06. The maximum atomic E-state index is 11.7. The van der Waals surface area contributed by atoms with Gasteiger partial charge in [-0.1, -0.05) is 46.3 Å². The minimum absolute atomic E-state index is 0.149. The number of allylic oxidation sites excluding steroid dienone is 2. The third-order valence-electron chi connectivity index (χ3n) is 5.17. The molecule has 1 aliphatic carbocycles. The summed E-state index contributed by atoms with van der Waals surface area (Å²) in [5, 5.41) is 13.3. The van der Waals surface area contributed by atoms with E-state index in [1.54, 1.807) is 6.07 Å². The molecule has 0 amide bonds. The zero-order chi connectivity index (χ0) is 16.8. The first kappa shape index (κ1) is 15.5. The Hall–Kier alpha value is -2.07. The first-order valence-corrected chi connectivity index (χ1v) is 8.91. The molecule has 2 aromatic rings. The van der Waals surface area contributed by atoms with Gasteiger partial charge in [0, 0.05) is 16.1 Å². The first-order valence-electron chi connectivity index (χ1n) is 8.11. The summed E-state index contributed by atoms with van der Waals surface area (Å²) >= 11 is 3.56. The van der Waals surface area contributed by atoms with Crippen LogP contribution in [0.4, 0.5) is 5.69 Å². The summed E-state index contributed by atoms with van der Waals surface area (Å²) in [6.07, 6.45) is 5.33. The molecule has 0 aromatic heterocycles. The van der Waals surface area contributed by atoms with Crippen LogP contribution < -0.4 is 5.32 Å². The van der Waals surface area contributed by atoms with Crippen LogP contribution in [0.2, 0.25) is 0 Å². The molecular formula is C20H18BrNO2. The lowest BCUT2D eigenvalue weighted by Gasteiger charge is -2.39. The van der Waals surface area contributed by atoms with Gasteiger partial charge in [0.2, 0.25) is 0 Å². The largest absolute Gasteiger partial charge is 0.478 e. The van der Waals surface area contributed by atoms with Crippen LogP contribution in [0, 0.1) is 12.8 Å². The predicted molar refractivity (Wildman–Crippen MR) is 98.6 cm³/mol. The number of fused-ring (bicyclic) bond motifs is 3. The third kappa shape index (κ3) is 2.37. The number of carboxylic acid groups (broad SMARTS) is 1. The number of benzene rings is 2. The molecule has 0 fully saturated rings. The zero-order valence-corrected chi connectivity index (χ0v) is 14.9. The lowest BCUT2D eigenvalue weighted by Crippen LogP contribution is -2.31. The molecule has 0 bridgehead atoms. The van der Waals surface area contributed by atoms with E-state index in [1.807, 2.05) is 19.1 Å². The molecule has 0 unspecified atom stereocenters. The monoisotopic (exact) mass is 383 g/mol. The van der Waals surface area contributed by atoms with Crippen molar-refractivity contribution in [1.82, 2.24) is 0 Å². The van der Waals surface area contributed by atoms with Gasteiger partial charge in [-0.25, -0.2) is 4.79 Å². The SMILES string of the molecule is Cc1ccc(C(=O)O)c2c1N[C@H](c1cccc(Br)c1)[C@@H]1CC=C[C@H]21. The Morgan fingerprint density at radius 3 is 2.88 bits per heavy atom. The van der Waals surface area contributed by atoms with E-state index in [1.165, 1.54) is 5.56 Å². The van der Waals surface area contributed by atoms with Crippen LogP contribution in [-0.4, -0.2) is 11.1 Å². The topological polar surface area (TPSA) is 49.3 Å². The number of halogens is 1. The molecule has 1 aliphatic heterocycles. The number of aryl methyl sites for hydroxylation is 1. The Morgan fingerprint density at radius 2 is 2.12 bits per heavy atom. The van der Waals surface area contributed by atoms with Crippen molar-refractivity contribution in [2.45, 2.75) is 25.3 Å². The van der Waals surface area contributed by atoms with Gasteiger partial charge in [-0.3, -0.25) is 0 Å². The summed E-state index contributed by atoms with van der Waals surface area (Å²) in [5.74, 6) is -0.365. The van der Waals surface area contributed by atoms with Gasteiger partial charge in [0.15, 0.2) is 0 Å². The summed E-state index contributed by atoms with van der Waals surface area (Å²) in [6, 6.07) is 12.2. The lowest BCUT2D eigenvalue weighted by atomic mass is 9.75. The Balaban J connectivity index is 1.88. The molecule has 0 radical (unpaired) electrons. The number of hydrogen-bond donors (Lipinski definition) is 2. The molecule has 2 aliphatic rings. The van der Waals surface area contributed by atoms with Crippen LogP contribution in [-0.2, 0) is 0 Å². The number of nitrogens with one attached hydrogen (secondary N) is 1. The van der Waals surface area contributed by atoms with Crippen LogP contribution in [0.25, 0.3) is 0 Å². The smallest absolute Gasteiger partial charge is 0.336 e. The molecular weight excluding hydrogens is 366 g/mol. The number of aromatic carboxylic acids is 1. The van der Waals surface area contributed by atoms with Crippen molar-refractivity contribution in [1.29, 1.82) is 0 Å². The second-order valence-electron chi connectivity index (χ2n) is 6.55. The zero-order valence-electron chi connectivity index (χ0n) is 13.3. The summed E-state index contributed by atoms with van der Waals surface area (Å²) in [4.78, 5) is 11.7. The maximum Gasteiger partial charge on any atom is 0.336 e. The molecule has 24 heavy (non-hydrogen) atoms. The Kier molecular flexibility index (Phi) is 3.72. The highest BCUT2D eigenvalue weighted by Gasteiger charge is 2.40.